The van der Waals surface area contributed by atoms with Crippen LogP contribution in [0.25, 0.3) is 0 Å². The van der Waals surface area contributed by atoms with Gasteiger partial charge in [-0.25, -0.2) is 0 Å². The average Bonchev–Trinajstić information content (AvgIpc) is 2.56. The molecule has 15 heavy (non-hydrogen) atoms. The number of nitrogens with zero attached hydrogens (tertiary/aromatic N) is 3. The van der Waals surface area contributed by atoms with E-state index in [4.69, 9.17) is 5.73 Å². The van der Waals surface area contributed by atoms with E-state index in [-0.39, 0.29) is 6.04 Å². The van der Waals surface area contributed by atoms with E-state index in [0.29, 0.717) is 6.04 Å². The Labute approximate surface area is 95.6 Å². The topological polar surface area (TPSA) is 56.7 Å². The number of aromatic nitrogens is 3. The standard InChI is InChI=1S/C10H20N4S/c1-7(2)14-8(3)12-13-10(14)9(11)5-6-15-4/h7,9H,5-6,11H2,1-4H3. The Bertz CT molecular complexity index is 308. The Morgan fingerprint density at radius 1 is 1.40 bits per heavy atom. The second-order valence-corrected chi connectivity index (χ2v) is 4.94. The number of hydrogen-bond acceptors (Lipinski definition) is 4. The average molecular weight is 228 g/mol. The Hall–Kier alpha value is -0.550. The highest BCUT2D eigenvalue weighted by Gasteiger charge is 2.17. The van der Waals surface area contributed by atoms with Crippen LogP contribution in [-0.4, -0.2) is 26.8 Å². The highest BCUT2D eigenvalue weighted by Crippen LogP contribution is 2.19. The molecule has 0 aliphatic heterocycles. The summed E-state index contributed by atoms with van der Waals surface area (Å²) in [6, 6.07) is 0.372. The molecule has 0 spiro atoms. The molecule has 0 bridgehead atoms. The fourth-order valence-electron chi connectivity index (χ4n) is 1.65. The van der Waals surface area contributed by atoms with Gasteiger partial charge in [-0.05, 0) is 39.2 Å². The molecule has 0 amide bonds. The molecule has 0 radical (unpaired) electrons. The maximum absolute atomic E-state index is 6.10. The monoisotopic (exact) mass is 228 g/mol. The first kappa shape index (κ1) is 12.5. The van der Waals surface area contributed by atoms with Gasteiger partial charge in [0.05, 0.1) is 6.04 Å². The van der Waals surface area contributed by atoms with Crippen LogP contribution in [0.3, 0.4) is 0 Å². The van der Waals surface area contributed by atoms with Crippen LogP contribution in [0.5, 0.6) is 0 Å². The number of rotatable bonds is 5. The van der Waals surface area contributed by atoms with Gasteiger partial charge in [-0.15, -0.1) is 10.2 Å². The van der Waals surface area contributed by atoms with Gasteiger partial charge in [0.2, 0.25) is 0 Å². The van der Waals surface area contributed by atoms with Crippen LogP contribution < -0.4 is 5.73 Å². The number of thioether (sulfide) groups is 1. The lowest BCUT2D eigenvalue weighted by Crippen LogP contribution is -2.19. The number of nitrogens with two attached hydrogens (primary N) is 1. The molecule has 86 valence electrons. The third-order valence-electron chi connectivity index (χ3n) is 2.37. The van der Waals surface area contributed by atoms with Crippen molar-refractivity contribution in [1.29, 1.82) is 0 Å². The fraction of sp³-hybridized carbons (Fsp3) is 0.800. The van der Waals surface area contributed by atoms with Gasteiger partial charge >= 0.3 is 0 Å². The third kappa shape index (κ3) is 2.95. The molecule has 1 rings (SSSR count). The predicted octanol–water partition coefficient (Wildman–Crippen LogP) is 1.92. The summed E-state index contributed by atoms with van der Waals surface area (Å²) in [5, 5.41) is 8.26. The van der Waals surface area contributed by atoms with E-state index in [1.54, 1.807) is 0 Å². The SMILES string of the molecule is CSCCC(N)c1nnc(C)n1C(C)C. The van der Waals surface area contributed by atoms with E-state index < -0.39 is 0 Å². The van der Waals surface area contributed by atoms with Crippen molar-refractivity contribution >= 4 is 11.8 Å². The van der Waals surface area contributed by atoms with Crippen LogP contribution in [0.2, 0.25) is 0 Å². The molecule has 0 saturated carbocycles. The predicted molar refractivity (Wildman–Crippen MR) is 65.1 cm³/mol. The summed E-state index contributed by atoms with van der Waals surface area (Å²) in [5.41, 5.74) is 6.10. The van der Waals surface area contributed by atoms with E-state index in [2.05, 4.69) is 34.9 Å². The van der Waals surface area contributed by atoms with Gasteiger partial charge in [-0.2, -0.15) is 11.8 Å². The van der Waals surface area contributed by atoms with Crippen molar-refractivity contribution in [3.8, 4) is 0 Å². The fourth-order valence-corrected chi connectivity index (χ4v) is 2.14. The molecule has 1 aromatic heterocycles. The smallest absolute Gasteiger partial charge is 0.150 e. The maximum Gasteiger partial charge on any atom is 0.150 e. The molecular weight excluding hydrogens is 208 g/mol. The van der Waals surface area contributed by atoms with Gasteiger partial charge < -0.3 is 10.3 Å². The van der Waals surface area contributed by atoms with E-state index in [1.807, 2.05) is 18.7 Å². The van der Waals surface area contributed by atoms with Gasteiger partial charge in [-0.1, -0.05) is 0 Å². The van der Waals surface area contributed by atoms with Gasteiger partial charge in [-0.3, -0.25) is 0 Å². The summed E-state index contributed by atoms with van der Waals surface area (Å²) < 4.78 is 2.12. The normalized spacial score (nSPS) is 13.5. The van der Waals surface area contributed by atoms with Crippen LogP contribution in [-0.2, 0) is 0 Å². The van der Waals surface area contributed by atoms with Crippen LogP contribution in [0.1, 0.15) is 44.0 Å². The zero-order valence-electron chi connectivity index (χ0n) is 9.90. The molecule has 0 aromatic carbocycles. The first-order valence-corrected chi connectivity index (χ1v) is 6.63. The molecular formula is C10H20N4S. The summed E-state index contributed by atoms with van der Waals surface area (Å²) >= 11 is 1.81. The van der Waals surface area contributed by atoms with Gasteiger partial charge in [0.15, 0.2) is 0 Å². The van der Waals surface area contributed by atoms with Crippen LogP contribution in [0, 0.1) is 6.92 Å². The molecule has 1 atom stereocenters. The van der Waals surface area contributed by atoms with Crippen molar-refractivity contribution < 1.29 is 0 Å². The number of aryl methyl sites for hydroxylation is 1. The molecule has 1 heterocycles. The second kappa shape index (κ2) is 5.51. The van der Waals surface area contributed by atoms with Crippen LogP contribution in [0.15, 0.2) is 0 Å². The first-order chi connectivity index (χ1) is 7.07. The van der Waals surface area contributed by atoms with Crippen LogP contribution in [0.4, 0.5) is 0 Å². The minimum Gasteiger partial charge on any atom is -0.321 e. The summed E-state index contributed by atoms with van der Waals surface area (Å²) in [7, 11) is 0. The van der Waals surface area contributed by atoms with Crippen molar-refractivity contribution in [2.75, 3.05) is 12.0 Å². The highest BCUT2D eigenvalue weighted by atomic mass is 32.2. The van der Waals surface area contributed by atoms with Gasteiger partial charge in [0.25, 0.3) is 0 Å². The molecule has 1 unspecified atom stereocenters. The molecule has 4 nitrogen and oxygen atoms in total. The molecule has 2 N–H and O–H groups in total. The largest absolute Gasteiger partial charge is 0.321 e. The van der Waals surface area contributed by atoms with Crippen molar-refractivity contribution in [3.63, 3.8) is 0 Å². The molecule has 0 aliphatic carbocycles. The van der Waals surface area contributed by atoms with E-state index in [9.17, 15) is 0 Å². The van der Waals surface area contributed by atoms with E-state index >= 15 is 0 Å². The summed E-state index contributed by atoms with van der Waals surface area (Å²) in [4.78, 5) is 0. The van der Waals surface area contributed by atoms with Crippen molar-refractivity contribution in [2.24, 2.45) is 5.73 Å². The lowest BCUT2D eigenvalue weighted by molar-refractivity contribution is 0.515. The van der Waals surface area contributed by atoms with Crippen molar-refractivity contribution in [3.05, 3.63) is 11.6 Å². The number of hydrogen-bond donors (Lipinski definition) is 1. The quantitative estimate of drug-likeness (QED) is 0.836. The van der Waals surface area contributed by atoms with Gasteiger partial charge in [0.1, 0.15) is 11.6 Å². The Kier molecular flexibility index (Phi) is 4.60. The Morgan fingerprint density at radius 2 is 2.07 bits per heavy atom. The third-order valence-corrected chi connectivity index (χ3v) is 3.02. The second-order valence-electron chi connectivity index (χ2n) is 3.96. The van der Waals surface area contributed by atoms with Crippen molar-refractivity contribution in [1.82, 2.24) is 14.8 Å². The minimum atomic E-state index is 0.000972. The molecule has 0 saturated heterocycles. The maximum atomic E-state index is 6.10. The summed E-state index contributed by atoms with van der Waals surface area (Å²) in [5.74, 6) is 2.92. The molecule has 0 aliphatic rings. The minimum absolute atomic E-state index is 0.000972. The van der Waals surface area contributed by atoms with Crippen molar-refractivity contribution in [2.45, 2.75) is 39.3 Å². The zero-order valence-corrected chi connectivity index (χ0v) is 10.7. The van der Waals surface area contributed by atoms with Gasteiger partial charge in [0, 0.05) is 6.04 Å². The van der Waals surface area contributed by atoms with Crippen LogP contribution >= 0.6 is 11.8 Å². The molecule has 0 fully saturated rings. The molecule has 5 heteroatoms. The van der Waals surface area contributed by atoms with E-state index in [1.165, 1.54) is 0 Å². The summed E-state index contributed by atoms with van der Waals surface area (Å²) in [6.45, 7) is 6.22. The Morgan fingerprint density at radius 3 is 2.60 bits per heavy atom. The Balaban J connectivity index is 2.83. The lowest BCUT2D eigenvalue weighted by atomic mass is 10.2. The first-order valence-electron chi connectivity index (χ1n) is 5.23. The molecule has 1 aromatic rings. The van der Waals surface area contributed by atoms with E-state index in [0.717, 1.165) is 23.8 Å². The zero-order chi connectivity index (χ0) is 11.4. The summed E-state index contributed by atoms with van der Waals surface area (Å²) in [6.07, 6.45) is 3.04. The lowest BCUT2D eigenvalue weighted by Gasteiger charge is -2.16. The highest BCUT2D eigenvalue weighted by molar-refractivity contribution is 7.98.